The minimum absolute atomic E-state index is 0.210. The number of aromatic nitrogens is 3. The predicted octanol–water partition coefficient (Wildman–Crippen LogP) is 3.18. The number of likely N-dealkylation sites (tertiary alicyclic amines) is 1. The van der Waals surface area contributed by atoms with Gasteiger partial charge in [0.25, 0.3) is 0 Å². The number of hydrogen-bond donors (Lipinski definition) is 3. The molecule has 1 aromatic carbocycles. The van der Waals surface area contributed by atoms with Crippen molar-refractivity contribution in [2.75, 3.05) is 26.7 Å². The highest BCUT2D eigenvalue weighted by molar-refractivity contribution is 5.84. The molecule has 0 radical (unpaired) electrons. The molecule has 8 heteroatoms. The highest BCUT2D eigenvalue weighted by atomic mass is 16.5. The zero-order chi connectivity index (χ0) is 23.5. The first-order chi connectivity index (χ1) is 16.6. The van der Waals surface area contributed by atoms with E-state index in [4.69, 9.17) is 4.74 Å². The summed E-state index contributed by atoms with van der Waals surface area (Å²) in [5.41, 5.74) is 3.76. The van der Waals surface area contributed by atoms with E-state index in [2.05, 4.69) is 25.2 Å². The van der Waals surface area contributed by atoms with Crippen molar-refractivity contribution in [1.82, 2.24) is 25.2 Å². The van der Waals surface area contributed by atoms with E-state index < -0.39 is 6.10 Å². The fourth-order valence-corrected chi connectivity index (χ4v) is 4.59. The van der Waals surface area contributed by atoms with Crippen molar-refractivity contribution in [2.45, 2.75) is 31.5 Å². The van der Waals surface area contributed by atoms with E-state index in [1.54, 1.807) is 25.4 Å². The van der Waals surface area contributed by atoms with Crippen molar-refractivity contribution in [2.24, 2.45) is 0 Å². The zero-order valence-electron chi connectivity index (χ0n) is 19.2. The Morgan fingerprint density at radius 1 is 1.06 bits per heavy atom. The number of aromatic hydroxyl groups is 1. The molecule has 1 aliphatic heterocycles. The van der Waals surface area contributed by atoms with Crippen LogP contribution in [0.1, 0.15) is 30.2 Å². The van der Waals surface area contributed by atoms with E-state index in [0.29, 0.717) is 36.0 Å². The van der Waals surface area contributed by atoms with Crippen LogP contribution in [0.25, 0.3) is 21.9 Å². The van der Waals surface area contributed by atoms with Crippen LogP contribution in [0.2, 0.25) is 0 Å². The molecule has 1 atom stereocenters. The number of β-amino-alcohol motifs (C(OH)–C–C–N with tert-alkyl or cyclic N) is 1. The first kappa shape index (κ1) is 22.5. The number of benzene rings is 1. The maximum Gasteiger partial charge on any atom is 0.213 e. The van der Waals surface area contributed by atoms with Crippen molar-refractivity contribution in [3.63, 3.8) is 0 Å². The Morgan fingerprint density at radius 3 is 2.74 bits per heavy atom. The van der Waals surface area contributed by atoms with Gasteiger partial charge in [0.2, 0.25) is 5.88 Å². The Labute approximate surface area is 198 Å². The molecular weight excluding hydrogens is 430 g/mol. The highest BCUT2D eigenvalue weighted by Crippen LogP contribution is 2.26. The summed E-state index contributed by atoms with van der Waals surface area (Å²) in [5.74, 6) is 0.721. The molecule has 0 bridgehead atoms. The van der Waals surface area contributed by atoms with E-state index in [1.807, 2.05) is 36.4 Å². The lowest BCUT2D eigenvalue weighted by Gasteiger charge is -2.33. The van der Waals surface area contributed by atoms with E-state index >= 15 is 0 Å². The molecule has 3 aromatic heterocycles. The smallest absolute Gasteiger partial charge is 0.213 e. The highest BCUT2D eigenvalue weighted by Gasteiger charge is 2.23. The van der Waals surface area contributed by atoms with Gasteiger partial charge in [0, 0.05) is 42.3 Å². The molecule has 0 saturated carbocycles. The first-order valence-electron chi connectivity index (χ1n) is 11.6. The van der Waals surface area contributed by atoms with Gasteiger partial charge in [-0.2, -0.15) is 0 Å². The lowest BCUT2D eigenvalue weighted by atomic mass is 10.0. The minimum Gasteiger partial charge on any atom is -0.506 e. The molecule has 1 aliphatic rings. The second-order valence-electron chi connectivity index (χ2n) is 8.74. The second kappa shape index (κ2) is 9.89. The third kappa shape index (κ3) is 4.79. The summed E-state index contributed by atoms with van der Waals surface area (Å²) in [6.07, 6.45) is 3.05. The molecule has 1 fully saturated rings. The summed E-state index contributed by atoms with van der Waals surface area (Å²) in [7, 11) is 1.58. The Kier molecular flexibility index (Phi) is 6.53. The van der Waals surface area contributed by atoms with E-state index in [9.17, 15) is 10.2 Å². The van der Waals surface area contributed by atoms with Crippen molar-refractivity contribution >= 4 is 21.9 Å². The number of ether oxygens (including phenoxy) is 1. The van der Waals surface area contributed by atoms with Crippen molar-refractivity contribution < 1.29 is 14.9 Å². The van der Waals surface area contributed by atoms with Crippen LogP contribution < -0.4 is 10.1 Å². The van der Waals surface area contributed by atoms with Gasteiger partial charge in [0.15, 0.2) is 0 Å². The fourth-order valence-electron chi connectivity index (χ4n) is 4.59. The lowest BCUT2D eigenvalue weighted by Crippen LogP contribution is -2.43. The summed E-state index contributed by atoms with van der Waals surface area (Å²) >= 11 is 0. The quantitative estimate of drug-likeness (QED) is 0.387. The minimum atomic E-state index is -0.649. The molecule has 0 aliphatic carbocycles. The molecule has 5 rings (SSSR count). The monoisotopic (exact) mass is 459 g/mol. The Bertz CT molecular complexity index is 1290. The van der Waals surface area contributed by atoms with Crippen LogP contribution in [0.3, 0.4) is 0 Å². The topological polar surface area (TPSA) is 104 Å². The summed E-state index contributed by atoms with van der Waals surface area (Å²) in [6.45, 7) is 3.02. The maximum atomic E-state index is 11.0. The molecule has 4 aromatic rings. The molecule has 0 spiro atoms. The third-order valence-electron chi connectivity index (χ3n) is 6.50. The number of nitrogens with zero attached hydrogens (tertiary/aromatic N) is 4. The van der Waals surface area contributed by atoms with Gasteiger partial charge in [-0.05, 0) is 50.2 Å². The van der Waals surface area contributed by atoms with Crippen molar-refractivity contribution in [3.05, 3.63) is 66.0 Å². The largest absolute Gasteiger partial charge is 0.506 e. The Hall–Kier alpha value is -3.33. The number of piperidine rings is 1. The molecule has 34 heavy (non-hydrogen) atoms. The molecule has 1 saturated heterocycles. The van der Waals surface area contributed by atoms with Gasteiger partial charge in [-0.15, -0.1) is 0 Å². The second-order valence-corrected chi connectivity index (χ2v) is 8.74. The number of fused-ring (bicyclic) bond motifs is 2. The third-order valence-corrected chi connectivity index (χ3v) is 6.50. The van der Waals surface area contributed by atoms with Crippen molar-refractivity contribution in [1.29, 1.82) is 0 Å². The van der Waals surface area contributed by atoms with Crippen LogP contribution >= 0.6 is 0 Å². The van der Waals surface area contributed by atoms with Crippen LogP contribution in [0.5, 0.6) is 11.6 Å². The van der Waals surface area contributed by atoms with Gasteiger partial charge in [-0.25, -0.2) is 9.97 Å². The van der Waals surface area contributed by atoms with Gasteiger partial charge in [0.05, 0.1) is 29.9 Å². The number of nitrogens with one attached hydrogen (secondary N) is 1. The SMILES string of the molecule is COc1ccc2nccc([C@@H](O)CN3CCC(NCc4ccc5cccc(O)c5n4)CC3)c2n1. The van der Waals surface area contributed by atoms with Crippen LogP contribution in [0, 0.1) is 0 Å². The van der Waals surface area contributed by atoms with E-state index in [0.717, 1.165) is 48.1 Å². The standard InChI is InChI=1S/C26H29N5O3/c1-34-24-8-7-21-26(30-24)20(9-12-27-21)23(33)16-31-13-10-18(11-14-31)28-15-19-6-5-17-3-2-4-22(32)25(17)29-19/h2-9,12,18,23,28,32-33H,10-11,13-16H2,1H3/t23-/m0/s1. The molecular formula is C26H29N5O3. The molecule has 8 nitrogen and oxygen atoms in total. The number of hydrogen-bond acceptors (Lipinski definition) is 8. The molecule has 0 amide bonds. The van der Waals surface area contributed by atoms with E-state index in [-0.39, 0.29) is 5.75 Å². The van der Waals surface area contributed by atoms with E-state index in [1.165, 1.54) is 0 Å². The fraction of sp³-hybridized carbons (Fsp3) is 0.346. The van der Waals surface area contributed by atoms with Gasteiger partial charge in [-0.1, -0.05) is 18.2 Å². The number of aliphatic hydroxyl groups excluding tert-OH is 1. The Morgan fingerprint density at radius 2 is 1.91 bits per heavy atom. The molecule has 3 N–H and O–H groups in total. The summed E-state index contributed by atoms with van der Waals surface area (Å²) in [6, 6.07) is 15.3. The van der Waals surface area contributed by atoms with Gasteiger partial charge in [-0.3, -0.25) is 4.98 Å². The average molecular weight is 460 g/mol. The number of phenolic OH excluding ortho intramolecular Hbond substituents is 1. The van der Waals surface area contributed by atoms with Gasteiger partial charge in [0.1, 0.15) is 11.3 Å². The summed E-state index contributed by atoms with van der Waals surface area (Å²) in [4.78, 5) is 15.8. The summed E-state index contributed by atoms with van der Waals surface area (Å²) in [5, 5.41) is 25.6. The van der Waals surface area contributed by atoms with Gasteiger partial charge < -0.3 is 25.2 Å². The molecule has 0 unspecified atom stereocenters. The lowest BCUT2D eigenvalue weighted by molar-refractivity contribution is 0.0947. The number of rotatable bonds is 7. The zero-order valence-corrected chi connectivity index (χ0v) is 19.2. The van der Waals surface area contributed by atoms with Crippen LogP contribution in [-0.4, -0.2) is 62.9 Å². The Balaban J connectivity index is 1.16. The first-order valence-corrected chi connectivity index (χ1v) is 11.6. The van der Waals surface area contributed by atoms with Crippen molar-refractivity contribution in [3.8, 4) is 11.6 Å². The maximum absolute atomic E-state index is 11.0. The predicted molar refractivity (Wildman–Crippen MR) is 131 cm³/mol. The van der Waals surface area contributed by atoms with Crippen LogP contribution in [-0.2, 0) is 6.54 Å². The molecule has 4 heterocycles. The molecule has 176 valence electrons. The van der Waals surface area contributed by atoms with Crippen LogP contribution in [0.4, 0.5) is 0 Å². The number of pyridine rings is 3. The number of phenols is 1. The summed E-state index contributed by atoms with van der Waals surface area (Å²) < 4.78 is 5.25. The van der Waals surface area contributed by atoms with Gasteiger partial charge >= 0.3 is 0 Å². The number of para-hydroxylation sites is 1. The number of methoxy groups -OCH3 is 1. The number of aliphatic hydroxyl groups is 1. The average Bonchev–Trinajstić information content (AvgIpc) is 2.88. The van der Waals surface area contributed by atoms with Crippen LogP contribution in [0.15, 0.2) is 54.7 Å². The normalized spacial score (nSPS) is 16.2.